The summed E-state index contributed by atoms with van der Waals surface area (Å²) in [4.78, 5) is 27.8. The van der Waals surface area contributed by atoms with Crippen molar-refractivity contribution >= 4 is 17.7 Å². The van der Waals surface area contributed by atoms with E-state index in [1.807, 2.05) is 0 Å². The lowest BCUT2D eigenvalue weighted by Crippen LogP contribution is -2.40. The van der Waals surface area contributed by atoms with Gasteiger partial charge >= 0.3 is 6.09 Å². The Balaban J connectivity index is 1.78. The van der Waals surface area contributed by atoms with Crippen molar-refractivity contribution in [1.82, 2.24) is 4.98 Å². The number of nitrogens with one attached hydrogen (secondary N) is 1. The summed E-state index contributed by atoms with van der Waals surface area (Å²) in [6, 6.07) is 8.22. The lowest BCUT2D eigenvalue weighted by atomic mass is 9.85. The number of primary amides is 1. The number of amides is 2. The number of hydrogen-bond acceptors (Lipinski definition) is 4. The lowest BCUT2D eigenvalue weighted by Gasteiger charge is -2.28. The van der Waals surface area contributed by atoms with Crippen LogP contribution in [0, 0.1) is 12.8 Å². The van der Waals surface area contributed by atoms with E-state index in [4.69, 9.17) is 10.5 Å². The van der Waals surface area contributed by atoms with Gasteiger partial charge in [-0.15, -0.1) is 0 Å². The summed E-state index contributed by atoms with van der Waals surface area (Å²) in [5.74, 6) is -0.517. The third-order valence-electron chi connectivity index (χ3n) is 5.42. The van der Waals surface area contributed by atoms with Crippen LogP contribution in [0.5, 0.6) is 0 Å². The third-order valence-corrected chi connectivity index (χ3v) is 5.42. The summed E-state index contributed by atoms with van der Waals surface area (Å²) in [6.07, 6.45) is 1.36. The van der Waals surface area contributed by atoms with E-state index >= 15 is 0 Å². The van der Waals surface area contributed by atoms with Gasteiger partial charge in [0, 0.05) is 23.4 Å². The number of anilines is 1. The van der Waals surface area contributed by atoms with Gasteiger partial charge in [-0.2, -0.15) is 0 Å². The molecule has 6 nitrogen and oxygen atoms in total. The number of nitrogens with zero attached hydrogens (tertiary/aromatic N) is 1. The minimum atomic E-state index is -2.69. The molecule has 3 rings (SSSR count). The molecule has 2 aromatic rings. The second kappa shape index (κ2) is 9.65. The smallest absolute Gasteiger partial charge is 0.405 e. The number of pyridine rings is 1. The van der Waals surface area contributed by atoms with Crippen LogP contribution < -0.4 is 11.1 Å². The first kappa shape index (κ1) is 21.7. The average Bonchev–Trinajstić information content (AvgIpc) is 2.73. The average molecular weight is 417 g/mol. The SMILES string of the molecule is Cc1ccnc(C(F)F)c1-c1ccc(NC(=O)C(OC(N)=O)C2CCCCC2)cc1. The van der Waals surface area contributed by atoms with Crippen LogP contribution in [-0.2, 0) is 9.53 Å². The highest BCUT2D eigenvalue weighted by atomic mass is 19.3. The van der Waals surface area contributed by atoms with Crippen LogP contribution in [0.3, 0.4) is 0 Å². The number of aryl methyl sites for hydroxylation is 1. The number of nitrogens with two attached hydrogens (primary N) is 1. The Morgan fingerprint density at radius 1 is 1.13 bits per heavy atom. The summed E-state index contributed by atoms with van der Waals surface area (Å²) in [5, 5.41) is 2.74. The number of hydrogen-bond donors (Lipinski definition) is 2. The van der Waals surface area contributed by atoms with Crippen molar-refractivity contribution in [1.29, 1.82) is 0 Å². The van der Waals surface area contributed by atoms with Gasteiger partial charge in [-0.1, -0.05) is 31.4 Å². The maximum atomic E-state index is 13.3. The van der Waals surface area contributed by atoms with E-state index < -0.39 is 24.5 Å². The van der Waals surface area contributed by atoms with E-state index in [2.05, 4.69) is 10.3 Å². The lowest BCUT2D eigenvalue weighted by molar-refractivity contribution is -0.127. The standard InChI is InChI=1S/C22H25F2N3O3/c1-13-11-12-26-18(20(23)24)17(13)14-7-9-16(10-8-14)27-21(28)19(30-22(25)29)15-5-3-2-4-6-15/h7-12,15,19-20H,2-6H2,1H3,(H2,25,29)(H,27,28). The minimum Gasteiger partial charge on any atom is -0.436 e. The Kier molecular flexibility index (Phi) is 6.97. The number of carbonyl (C=O) groups excluding carboxylic acids is 2. The second-order valence-corrected chi connectivity index (χ2v) is 7.51. The van der Waals surface area contributed by atoms with Crippen LogP contribution in [0.4, 0.5) is 19.3 Å². The fourth-order valence-corrected chi connectivity index (χ4v) is 3.98. The molecule has 1 saturated carbocycles. The van der Waals surface area contributed by atoms with Gasteiger partial charge in [-0.05, 0) is 49.1 Å². The summed E-state index contributed by atoms with van der Waals surface area (Å²) in [5.41, 5.74) is 6.99. The van der Waals surface area contributed by atoms with E-state index in [-0.39, 0.29) is 11.6 Å². The minimum absolute atomic E-state index is 0.0721. The van der Waals surface area contributed by atoms with Crippen LogP contribution in [0.25, 0.3) is 11.1 Å². The van der Waals surface area contributed by atoms with E-state index in [1.165, 1.54) is 6.20 Å². The monoisotopic (exact) mass is 417 g/mol. The first-order chi connectivity index (χ1) is 14.4. The molecule has 1 aliphatic carbocycles. The molecule has 0 spiro atoms. The van der Waals surface area contributed by atoms with E-state index in [1.54, 1.807) is 37.3 Å². The molecule has 160 valence electrons. The molecule has 1 heterocycles. The number of halogens is 2. The Morgan fingerprint density at radius 3 is 2.40 bits per heavy atom. The molecule has 1 aromatic carbocycles. The molecule has 3 N–H and O–H groups in total. The van der Waals surface area contributed by atoms with Crippen LogP contribution in [0.1, 0.15) is 49.8 Å². The molecule has 1 fully saturated rings. The molecule has 8 heteroatoms. The molecule has 0 bridgehead atoms. The van der Waals surface area contributed by atoms with Gasteiger partial charge in [-0.3, -0.25) is 9.78 Å². The molecule has 1 aromatic heterocycles. The Labute approximate surface area is 173 Å². The zero-order valence-electron chi connectivity index (χ0n) is 16.7. The van der Waals surface area contributed by atoms with Gasteiger partial charge in [0.05, 0.1) is 0 Å². The summed E-state index contributed by atoms with van der Waals surface area (Å²) < 4.78 is 31.8. The maximum absolute atomic E-state index is 13.3. The predicted molar refractivity (Wildman–Crippen MR) is 109 cm³/mol. The molecular formula is C22H25F2N3O3. The maximum Gasteiger partial charge on any atom is 0.405 e. The number of ether oxygens (including phenoxy) is 1. The topological polar surface area (TPSA) is 94.3 Å². The quantitative estimate of drug-likeness (QED) is 0.693. The molecule has 0 radical (unpaired) electrons. The zero-order valence-corrected chi connectivity index (χ0v) is 16.7. The number of aromatic nitrogens is 1. The van der Waals surface area contributed by atoms with Crippen LogP contribution in [-0.4, -0.2) is 23.1 Å². The molecule has 1 unspecified atom stereocenters. The fourth-order valence-electron chi connectivity index (χ4n) is 3.98. The highest BCUT2D eigenvalue weighted by Gasteiger charge is 2.32. The van der Waals surface area contributed by atoms with Crippen molar-refractivity contribution in [2.24, 2.45) is 11.7 Å². The summed E-state index contributed by atoms with van der Waals surface area (Å²) in [7, 11) is 0. The van der Waals surface area contributed by atoms with Gasteiger partial charge in [0.2, 0.25) is 0 Å². The number of benzene rings is 1. The van der Waals surface area contributed by atoms with E-state index in [0.717, 1.165) is 32.1 Å². The van der Waals surface area contributed by atoms with Crippen LogP contribution in [0.2, 0.25) is 0 Å². The van der Waals surface area contributed by atoms with Gasteiger partial charge in [0.15, 0.2) is 6.10 Å². The molecular weight excluding hydrogens is 392 g/mol. The Hall–Kier alpha value is -3.03. The van der Waals surface area contributed by atoms with Gasteiger partial charge in [0.25, 0.3) is 12.3 Å². The summed E-state index contributed by atoms with van der Waals surface area (Å²) >= 11 is 0. The van der Waals surface area contributed by atoms with E-state index in [9.17, 15) is 18.4 Å². The largest absolute Gasteiger partial charge is 0.436 e. The van der Waals surface area contributed by atoms with Gasteiger partial charge in [-0.25, -0.2) is 13.6 Å². The molecule has 0 aliphatic heterocycles. The highest BCUT2D eigenvalue weighted by molar-refractivity contribution is 5.95. The third kappa shape index (κ3) is 5.11. The van der Waals surface area contributed by atoms with Crippen LogP contribution >= 0.6 is 0 Å². The summed E-state index contributed by atoms with van der Waals surface area (Å²) in [6.45, 7) is 1.74. The van der Waals surface area contributed by atoms with Crippen molar-refractivity contribution in [2.75, 3.05) is 5.32 Å². The number of alkyl halides is 2. The predicted octanol–water partition coefficient (Wildman–Crippen LogP) is 4.98. The normalized spacial score (nSPS) is 15.6. The van der Waals surface area contributed by atoms with Crippen molar-refractivity contribution in [3.05, 3.63) is 47.8 Å². The molecule has 1 atom stereocenters. The first-order valence-electron chi connectivity index (χ1n) is 9.98. The Bertz CT molecular complexity index is 897. The molecule has 0 saturated heterocycles. The van der Waals surface area contributed by atoms with Crippen molar-refractivity contribution < 1.29 is 23.1 Å². The van der Waals surface area contributed by atoms with Crippen molar-refractivity contribution in [3.63, 3.8) is 0 Å². The van der Waals surface area contributed by atoms with Crippen molar-refractivity contribution in [3.8, 4) is 11.1 Å². The fraction of sp³-hybridized carbons (Fsp3) is 0.409. The van der Waals surface area contributed by atoms with Gasteiger partial charge in [0.1, 0.15) is 5.69 Å². The first-order valence-corrected chi connectivity index (χ1v) is 9.98. The highest BCUT2D eigenvalue weighted by Crippen LogP contribution is 2.33. The van der Waals surface area contributed by atoms with Crippen molar-refractivity contribution in [2.45, 2.75) is 51.6 Å². The Morgan fingerprint density at radius 2 is 1.80 bits per heavy atom. The van der Waals surface area contributed by atoms with E-state index in [0.29, 0.717) is 22.4 Å². The zero-order chi connectivity index (χ0) is 21.7. The molecule has 1 aliphatic rings. The number of rotatable bonds is 6. The van der Waals surface area contributed by atoms with Crippen LogP contribution in [0.15, 0.2) is 36.5 Å². The second-order valence-electron chi connectivity index (χ2n) is 7.51. The molecule has 30 heavy (non-hydrogen) atoms. The molecule has 2 amide bonds. The van der Waals surface area contributed by atoms with Gasteiger partial charge < -0.3 is 15.8 Å². The number of carbonyl (C=O) groups is 2.